The van der Waals surface area contributed by atoms with Crippen LogP contribution in [0, 0.1) is 20.8 Å². The monoisotopic (exact) mass is 422 g/mol. The molecule has 0 unspecified atom stereocenters. The second-order valence-corrected chi connectivity index (χ2v) is 9.57. The fourth-order valence-electron chi connectivity index (χ4n) is 4.90. The summed E-state index contributed by atoms with van der Waals surface area (Å²) in [7, 11) is 0. The molecule has 164 valence electrons. The van der Waals surface area contributed by atoms with Crippen LogP contribution >= 0.6 is 0 Å². The first-order valence-corrected chi connectivity index (χ1v) is 11.6. The Morgan fingerprint density at radius 1 is 0.719 bits per heavy atom. The van der Waals surface area contributed by atoms with Crippen molar-refractivity contribution in [3.63, 3.8) is 0 Å². The van der Waals surface area contributed by atoms with E-state index in [1.54, 1.807) is 0 Å². The number of rotatable bonds is 5. The lowest BCUT2D eigenvalue weighted by molar-refractivity contribution is 0.807. The zero-order valence-electron chi connectivity index (χ0n) is 20.4. The molecule has 0 saturated carbocycles. The van der Waals surface area contributed by atoms with E-state index in [-0.39, 0.29) is 0 Å². The van der Waals surface area contributed by atoms with Gasteiger partial charge in [0, 0.05) is 18.0 Å². The Balaban J connectivity index is 2.02. The molecular weight excluding hydrogens is 388 g/mol. The van der Waals surface area contributed by atoms with Gasteiger partial charge in [-0.25, -0.2) is 4.98 Å². The summed E-state index contributed by atoms with van der Waals surface area (Å²) in [5.74, 6) is 1.77. The van der Waals surface area contributed by atoms with Crippen molar-refractivity contribution in [2.24, 2.45) is 0 Å². The second kappa shape index (κ2) is 8.78. The predicted molar refractivity (Wildman–Crippen MR) is 137 cm³/mol. The summed E-state index contributed by atoms with van der Waals surface area (Å²) >= 11 is 0. The minimum absolute atomic E-state index is 0.388. The first-order chi connectivity index (χ1) is 15.3. The largest absolute Gasteiger partial charge is 0.299 e. The molecule has 0 radical (unpaired) electrons. The van der Waals surface area contributed by atoms with Crippen molar-refractivity contribution >= 4 is 0 Å². The number of aryl methyl sites for hydroxylation is 3. The fourth-order valence-corrected chi connectivity index (χ4v) is 4.90. The third-order valence-electron chi connectivity index (χ3n) is 6.29. The van der Waals surface area contributed by atoms with Crippen molar-refractivity contribution in [1.29, 1.82) is 0 Å². The molecule has 32 heavy (non-hydrogen) atoms. The summed E-state index contributed by atoms with van der Waals surface area (Å²) in [6.45, 7) is 15.8. The maximum Gasteiger partial charge on any atom is 0.144 e. The van der Waals surface area contributed by atoms with Crippen molar-refractivity contribution in [2.45, 2.75) is 60.3 Å². The summed E-state index contributed by atoms with van der Waals surface area (Å²) in [5, 5.41) is 0. The van der Waals surface area contributed by atoms with Crippen LogP contribution in [0.15, 0.2) is 67.0 Å². The third-order valence-corrected chi connectivity index (χ3v) is 6.29. The Bertz CT molecular complexity index is 1190. The van der Waals surface area contributed by atoms with E-state index >= 15 is 0 Å². The van der Waals surface area contributed by atoms with E-state index in [2.05, 4.69) is 114 Å². The molecule has 0 atom stereocenters. The van der Waals surface area contributed by atoms with Crippen LogP contribution in [0.25, 0.3) is 28.2 Å². The SMILES string of the molecule is Cc1cc(C)c(-c2cc(C(C)C)c(-n3ccnc3-c3ccccc3)c(C(C)C)c2)c(C)c1. The zero-order valence-corrected chi connectivity index (χ0v) is 20.4. The molecule has 4 aromatic rings. The quantitative estimate of drug-likeness (QED) is 0.316. The number of benzene rings is 3. The molecule has 0 N–H and O–H groups in total. The number of hydrogen-bond acceptors (Lipinski definition) is 1. The molecule has 0 spiro atoms. The first kappa shape index (κ1) is 22.1. The van der Waals surface area contributed by atoms with Crippen LogP contribution in [-0.2, 0) is 0 Å². The third kappa shape index (κ3) is 4.02. The highest BCUT2D eigenvalue weighted by Crippen LogP contribution is 2.39. The Morgan fingerprint density at radius 3 is 1.81 bits per heavy atom. The van der Waals surface area contributed by atoms with Gasteiger partial charge in [0.2, 0.25) is 0 Å². The lowest BCUT2D eigenvalue weighted by Gasteiger charge is -2.24. The Labute approximate surface area is 193 Å². The summed E-state index contributed by atoms with van der Waals surface area (Å²) in [4.78, 5) is 4.75. The first-order valence-electron chi connectivity index (χ1n) is 11.6. The molecule has 0 amide bonds. The smallest absolute Gasteiger partial charge is 0.144 e. The number of aromatic nitrogens is 2. The van der Waals surface area contributed by atoms with E-state index in [4.69, 9.17) is 4.98 Å². The van der Waals surface area contributed by atoms with E-state index in [1.165, 1.54) is 44.6 Å². The topological polar surface area (TPSA) is 17.8 Å². The van der Waals surface area contributed by atoms with E-state index in [9.17, 15) is 0 Å². The van der Waals surface area contributed by atoms with Crippen molar-refractivity contribution in [2.75, 3.05) is 0 Å². The summed E-state index contributed by atoms with van der Waals surface area (Å²) in [6.07, 6.45) is 4.02. The van der Waals surface area contributed by atoms with Crippen LogP contribution in [0.1, 0.15) is 67.3 Å². The summed E-state index contributed by atoms with van der Waals surface area (Å²) < 4.78 is 2.29. The fraction of sp³-hybridized carbons (Fsp3) is 0.300. The average molecular weight is 423 g/mol. The second-order valence-electron chi connectivity index (χ2n) is 9.57. The summed E-state index contributed by atoms with van der Waals surface area (Å²) in [5.41, 5.74) is 11.8. The van der Waals surface area contributed by atoms with Gasteiger partial charge in [0.25, 0.3) is 0 Å². The molecule has 0 aliphatic carbocycles. The van der Waals surface area contributed by atoms with Crippen molar-refractivity contribution in [3.8, 4) is 28.2 Å². The molecule has 0 saturated heterocycles. The molecule has 0 fully saturated rings. The minimum atomic E-state index is 0.388. The molecule has 0 aliphatic heterocycles. The molecule has 1 heterocycles. The highest BCUT2D eigenvalue weighted by atomic mass is 15.1. The lowest BCUT2D eigenvalue weighted by Crippen LogP contribution is -2.09. The van der Waals surface area contributed by atoms with Gasteiger partial charge in [-0.3, -0.25) is 4.57 Å². The molecule has 1 aromatic heterocycles. The van der Waals surface area contributed by atoms with E-state index in [1.807, 2.05) is 6.20 Å². The average Bonchev–Trinajstić information content (AvgIpc) is 3.22. The van der Waals surface area contributed by atoms with Crippen LogP contribution in [0.5, 0.6) is 0 Å². The van der Waals surface area contributed by atoms with Crippen LogP contribution in [-0.4, -0.2) is 9.55 Å². The molecule has 2 nitrogen and oxygen atoms in total. The van der Waals surface area contributed by atoms with Crippen LogP contribution in [0.4, 0.5) is 0 Å². The van der Waals surface area contributed by atoms with Gasteiger partial charge in [0.1, 0.15) is 5.82 Å². The molecule has 3 aromatic carbocycles. The Morgan fingerprint density at radius 2 is 1.28 bits per heavy atom. The van der Waals surface area contributed by atoms with Gasteiger partial charge in [-0.2, -0.15) is 0 Å². The number of hydrogen-bond donors (Lipinski definition) is 0. The van der Waals surface area contributed by atoms with Gasteiger partial charge in [-0.15, -0.1) is 0 Å². The highest BCUT2D eigenvalue weighted by molar-refractivity contribution is 5.76. The van der Waals surface area contributed by atoms with Gasteiger partial charge in [-0.1, -0.05) is 75.7 Å². The van der Waals surface area contributed by atoms with Crippen LogP contribution in [0.3, 0.4) is 0 Å². The maximum absolute atomic E-state index is 4.75. The number of imidazole rings is 1. The van der Waals surface area contributed by atoms with Crippen LogP contribution in [0.2, 0.25) is 0 Å². The van der Waals surface area contributed by atoms with E-state index in [0.717, 1.165) is 11.4 Å². The Kier molecular flexibility index (Phi) is 6.06. The van der Waals surface area contributed by atoms with Gasteiger partial charge in [0.15, 0.2) is 0 Å². The minimum Gasteiger partial charge on any atom is -0.299 e. The van der Waals surface area contributed by atoms with Gasteiger partial charge in [0.05, 0.1) is 5.69 Å². The van der Waals surface area contributed by atoms with Gasteiger partial charge >= 0.3 is 0 Å². The van der Waals surface area contributed by atoms with Gasteiger partial charge in [-0.05, 0) is 78.1 Å². The highest BCUT2D eigenvalue weighted by Gasteiger charge is 2.21. The maximum atomic E-state index is 4.75. The van der Waals surface area contributed by atoms with E-state index < -0.39 is 0 Å². The Hall–Kier alpha value is -3.13. The van der Waals surface area contributed by atoms with Gasteiger partial charge < -0.3 is 0 Å². The lowest BCUT2D eigenvalue weighted by atomic mass is 9.85. The van der Waals surface area contributed by atoms with E-state index in [0.29, 0.717) is 11.8 Å². The molecule has 4 rings (SSSR count). The summed E-state index contributed by atoms with van der Waals surface area (Å²) in [6, 6.07) is 19.9. The number of nitrogens with zero attached hydrogens (tertiary/aromatic N) is 2. The van der Waals surface area contributed by atoms with Crippen molar-refractivity contribution in [1.82, 2.24) is 9.55 Å². The molecule has 0 bridgehead atoms. The van der Waals surface area contributed by atoms with Crippen molar-refractivity contribution in [3.05, 3.63) is 94.8 Å². The molecule has 2 heteroatoms. The predicted octanol–water partition coefficient (Wildman–Crippen LogP) is 8.38. The normalized spacial score (nSPS) is 11.5. The standard InChI is InChI=1S/C30H34N2/c1-19(2)26-17-25(28-22(6)15-21(5)16-23(28)7)18-27(20(3)4)29(26)32-14-13-31-30(32)24-11-9-8-10-12-24/h8-20H,1-7H3. The zero-order chi connectivity index (χ0) is 23.0. The molecular formula is C30H34N2. The van der Waals surface area contributed by atoms with Crippen molar-refractivity contribution < 1.29 is 0 Å². The van der Waals surface area contributed by atoms with Crippen LogP contribution < -0.4 is 0 Å². The molecule has 0 aliphatic rings.